The van der Waals surface area contributed by atoms with E-state index in [4.69, 9.17) is 11.6 Å². The first kappa shape index (κ1) is 11.9. The summed E-state index contributed by atoms with van der Waals surface area (Å²) in [6.07, 6.45) is 0.488. The van der Waals surface area contributed by atoms with Crippen molar-refractivity contribution in [1.82, 2.24) is 0 Å². The molecular formula is C15H13ClO. The summed E-state index contributed by atoms with van der Waals surface area (Å²) in [6, 6.07) is 15.7. The Morgan fingerprint density at radius 2 is 1.76 bits per heavy atom. The molecule has 0 aliphatic heterocycles. The molecule has 2 aromatic rings. The molecule has 2 aromatic carbocycles. The van der Waals surface area contributed by atoms with Crippen LogP contribution in [0.4, 0.5) is 0 Å². The summed E-state index contributed by atoms with van der Waals surface area (Å²) in [5.74, 6) is 0.179. The third kappa shape index (κ3) is 3.18. The fourth-order valence-corrected chi connectivity index (χ4v) is 1.92. The van der Waals surface area contributed by atoms with Gasteiger partial charge in [0.1, 0.15) is 5.78 Å². The fourth-order valence-electron chi connectivity index (χ4n) is 1.79. The number of hydrogen-bond donors (Lipinski definition) is 0. The van der Waals surface area contributed by atoms with Crippen LogP contribution >= 0.6 is 11.6 Å². The van der Waals surface area contributed by atoms with Gasteiger partial charge < -0.3 is 0 Å². The maximum absolute atomic E-state index is 11.1. The van der Waals surface area contributed by atoms with Crippen LogP contribution in [-0.2, 0) is 11.2 Å². The first-order chi connectivity index (χ1) is 8.15. The third-order valence-corrected chi connectivity index (χ3v) is 2.81. The summed E-state index contributed by atoms with van der Waals surface area (Å²) in [5, 5.41) is 0.730. The number of ketones is 1. The van der Waals surface area contributed by atoms with E-state index in [0.717, 1.165) is 21.7 Å². The molecule has 0 atom stereocenters. The van der Waals surface area contributed by atoms with Crippen LogP contribution < -0.4 is 0 Å². The van der Waals surface area contributed by atoms with Crippen molar-refractivity contribution < 1.29 is 4.79 Å². The molecule has 2 heteroatoms. The maximum Gasteiger partial charge on any atom is 0.134 e. The molecule has 0 amide bonds. The molecule has 0 heterocycles. The maximum atomic E-state index is 11.1. The van der Waals surface area contributed by atoms with Gasteiger partial charge in [0.15, 0.2) is 0 Å². The molecule has 17 heavy (non-hydrogen) atoms. The van der Waals surface area contributed by atoms with Crippen molar-refractivity contribution >= 4 is 17.4 Å². The second kappa shape index (κ2) is 5.15. The lowest BCUT2D eigenvalue weighted by Gasteiger charge is -2.04. The standard InChI is InChI=1S/C15H13ClO/c1-11(17)9-12-3-2-4-14(10-12)13-5-7-15(16)8-6-13/h2-8,10H,9H2,1H3. The van der Waals surface area contributed by atoms with Crippen molar-refractivity contribution in [2.24, 2.45) is 0 Å². The zero-order valence-electron chi connectivity index (χ0n) is 9.61. The lowest BCUT2D eigenvalue weighted by atomic mass is 10.0. The van der Waals surface area contributed by atoms with Crippen molar-refractivity contribution in [2.45, 2.75) is 13.3 Å². The monoisotopic (exact) mass is 244 g/mol. The van der Waals surface area contributed by atoms with Gasteiger partial charge in [-0.25, -0.2) is 0 Å². The van der Waals surface area contributed by atoms with Gasteiger partial charge in [0.05, 0.1) is 0 Å². The normalized spacial score (nSPS) is 10.2. The average molecular weight is 245 g/mol. The zero-order valence-corrected chi connectivity index (χ0v) is 10.4. The summed E-state index contributed by atoms with van der Waals surface area (Å²) in [7, 11) is 0. The predicted molar refractivity (Wildman–Crippen MR) is 71.3 cm³/mol. The number of benzene rings is 2. The van der Waals surface area contributed by atoms with Crippen LogP contribution in [0.15, 0.2) is 48.5 Å². The molecular weight excluding hydrogens is 232 g/mol. The molecule has 0 aliphatic rings. The van der Waals surface area contributed by atoms with Gasteiger partial charge in [-0.15, -0.1) is 0 Å². The minimum absolute atomic E-state index is 0.179. The molecule has 0 fully saturated rings. The smallest absolute Gasteiger partial charge is 0.134 e. The molecule has 0 N–H and O–H groups in total. The average Bonchev–Trinajstić information content (AvgIpc) is 2.29. The van der Waals surface area contributed by atoms with Gasteiger partial charge >= 0.3 is 0 Å². The van der Waals surface area contributed by atoms with E-state index in [0.29, 0.717) is 6.42 Å². The minimum Gasteiger partial charge on any atom is -0.300 e. The van der Waals surface area contributed by atoms with Gasteiger partial charge in [-0.1, -0.05) is 48.0 Å². The van der Waals surface area contributed by atoms with Crippen LogP contribution in [0, 0.1) is 0 Å². The lowest BCUT2D eigenvalue weighted by molar-refractivity contribution is -0.116. The Bertz CT molecular complexity index is 529. The van der Waals surface area contributed by atoms with Crippen molar-refractivity contribution in [1.29, 1.82) is 0 Å². The molecule has 0 bridgehead atoms. The molecule has 0 saturated heterocycles. The van der Waals surface area contributed by atoms with Crippen LogP contribution in [0.5, 0.6) is 0 Å². The SMILES string of the molecule is CC(=O)Cc1cccc(-c2ccc(Cl)cc2)c1. The van der Waals surface area contributed by atoms with Gasteiger partial charge in [-0.3, -0.25) is 4.79 Å². The van der Waals surface area contributed by atoms with Crippen LogP contribution in [0.1, 0.15) is 12.5 Å². The highest BCUT2D eigenvalue weighted by Gasteiger charge is 2.01. The molecule has 0 aliphatic carbocycles. The van der Waals surface area contributed by atoms with Crippen molar-refractivity contribution in [3.05, 3.63) is 59.1 Å². The van der Waals surface area contributed by atoms with Crippen LogP contribution in [0.3, 0.4) is 0 Å². The van der Waals surface area contributed by atoms with E-state index in [-0.39, 0.29) is 5.78 Å². The lowest BCUT2D eigenvalue weighted by Crippen LogP contribution is -1.95. The summed E-state index contributed by atoms with van der Waals surface area (Å²) in [5.41, 5.74) is 3.27. The van der Waals surface area contributed by atoms with Crippen molar-refractivity contribution in [2.75, 3.05) is 0 Å². The van der Waals surface area contributed by atoms with E-state index in [1.54, 1.807) is 6.92 Å². The van der Waals surface area contributed by atoms with Crippen molar-refractivity contribution in [3.63, 3.8) is 0 Å². The molecule has 0 spiro atoms. The number of Topliss-reactive ketones (excluding diaryl/α,β-unsaturated/α-hetero) is 1. The van der Waals surface area contributed by atoms with Gasteiger partial charge in [0.2, 0.25) is 0 Å². The van der Waals surface area contributed by atoms with Crippen molar-refractivity contribution in [3.8, 4) is 11.1 Å². The van der Waals surface area contributed by atoms with Gasteiger partial charge in [-0.05, 0) is 35.7 Å². The Labute approximate surface area is 106 Å². The summed E-state index contributed by atoms with van der Waals surface area (Å²) >= 11 is 5.85. The van der Waals surface area contributed by atoms with E-state index in [2.05, 4.69) is 0 Å². The Morgan fingerprint density at radius 1 is 1.06 bits per heavy atom. The first-order valence-electron chi connectivity index (χ1n) is 5.49. The molecule has 0 aromatic heterocycles. The highest BCUT2D eigenvalue weighted by Crippen LogP contribution is 2.22. The number of hydrogen-bond acceptors (Lipinski definition) is 1. The molecule has 86 valence electrons. The Balaban J connectivity index is 2.32. The summed E-state index contributed by atoms with van der Waals surface area (Å²) in [6.45, 7) is 1.61. The predicted octanol–water partition coefficient (Wildman–Crippen LogP) is 4.14. The number of carbonyl (C=O) groups excluding carboxylic acids is 1. The largest absolute Gasteiger partial charge is 0.300 e. The fraction of sp³-hybridized carbons (Fsp3) is 0.133. The molecule has 0 saturated carbocycles. The van der Waals surface area contributed by atoms with Crippen LogP contribution in [0.25, 0.3) is 11.1 Å². The Hall–Kier alpha value is -1.60. The highest BCUT2D eigenvalue weighted by atomic mass is 35.5. The number of rotatable bonds is 3. The molecule has 0 radical (unpaired) electrons. The second-order valence-corrected chi connectivity index (χ2v) is 4.52. The van der Waals surface area contributed by atoms with E-state index >= 15 is 0 Å². The molecule has 2 rings (SSSR count). The van der Waals surface area contributed by atoms with Gasteiger partial charge in [0, 0.05) is 11.4 Å². The van der Waals surface area contributed by atoms with E-state index in [1.807, 2.05) is 48.5 Å². The van der Waals surface area contributed by atoms with E-state index in [1.165, 1.54) is 0 Å². The first-order valence-corrected chi connectivity index (χ1v) is 5.87. The number of halogens is 1. The zero-order chi connectivity index (χ0) is 12.3. The quantitative estimate of drug-likeness (QED) is 0.793. The van der Waals surface area contributed by atoms with Gasteiger partial charge in [-0.2, -0.15) is 0 Å². The minimum atomic E-state index is 0.179. The summed E-state index contributed by atoms with van der Waals surface area (Å²) in [4.78, 5) is 11.1. The third-order valence-electron chi connectivity index (χ3n) is 2.56. The van der Waals surface area contributed by atoms with Gasteiger partial charge in [0.25, 0.3) is 0 Å². The Kier molecular flexibility index (Phi) is 3.60. The Morgan fingerprint density at radius 3 is 2.41 bits per heavy atom. The molecule has 0 unspecified atom stereocenters. The molecule has 1 nitrogen and oxygen atoms in total. The number of carbonyl (C=O) groups is 1. The topological polar surface area (TPSA) is 17.1 Å². The van der Waals surface area contributed by atoms with E-state index < -0.39 is 0 Å². The summed E-state index contributed by atoms with van der Waals surface area (Å²) < 4.78 is 0. The second-order valence-electron chi connectivity index (χ2n) is 4.09. The van der Waals surface area contributed by atoms with Crippen LogP contribution in [0.2, 0.25) is 5.02 Å². The van der Waals surface area contributed by atoms with E-state index in [9.17, 15) is 4.79 Å². The highest BCUT2D eigenvalue weighted by molar-refractivity contribution is 6.30. The van der Waals surface area contributed by atoms with Crippen LogP contribution in [-0.4, -0.2) is 5.78 Å².